The first-order chi connectivity index (χ1) is 7.35. The van der Waals surface area contributed by atoms with Crippen LogP contribution in [0.1, 0.15) is 40.0 Å². The molecule has 0 aromatic rings. The van der Waals surface area contributed by atoms with Crippen LogP contribution in [0.4, 0.5) is 4.79 Å². The van der Waals surface area contributed by atoms with Gasteiger partial charge < -0.3 is 15.2 Å². The smallest absolute Gasteiger partial charge is 0.407 e. The molecule has 0 aromatic heterocycles. The summed E-state index contributed by atoms with van der Waals surface area (Å²) < 4.78 is 5.06. The normalized spacial score (nSPS) is 13.0. The number of hydrogen-bond acceptors (Lipinski definition) is 3. The van der Waals surface area contributed by atoms with Crippen LogP contribution in [0, 0.1) is 0 Å². The molecule has 1 amide bonds. The molecule has 0 spiro atoms. The number of rotatable bonds is 6. The van der Waals surface area contributed by atoms with Gasteiger partial charge in [-0.1, -0.05) is 6.08 Å². The second-order valence-corrected chi connectivity index (χ2v) is 4.75. The molecule has 0 fully saturated rings. The summed E-state index contributed by atoms with van der Waals surface area (Å²) in [7, 11) is 0. The van der Waals surface area contributed by atoms with Gasteiger partial charge in [0.25, 0.3) is 0 Å². The molecule has 0 rings (SSSR count). The SMILES string of the molecule is C=CC[C@H](O)CCCNC(=O)OC(C)(C)C. The fourth-order valence-electron chi connectivity index (χ4n) is 1.15. The van der Waals surface area contributed by atoms with Crippen molar-refractivity contribution in [2.45, 2.75) is 51.7 Å². The van der Waals surface area contributed by atoms with Crippen molar-refractivity contribution in [3.8, 4) is 0 Å². The maximum atomic E-state index is 11.2. The molecule has 4 nitrogen and oxygen atoms in total. The largest absolute Gasteiger partial charge is 0.444 e. The molecule has 0 unspecified atom stereocenters. The maximum absolute atomic E-state index is 11.2. The Morgan fingerprint density at radius 2 is 2.19 bits per heavy atom. The minimum atomic E-state index is -0.466. The van der Waals surface area contributed by atoms with Crippen molar-refractivity contribution < 1.29 is 14.6 Å². The number of carbonyl (C=O) groups excluding carboxylic acids is 1. The summed E-state index contributed by atoms with van der Waals surface area (Å²) in [4.78, 5) is 11.2. The average molecular weight is 229 g/mol. The molecule has 16 heavy (non-hydrogen) atoms. The minimum Gasteiger partial charge on any atom is -0.444 e. The zero-order chi connectivity index (χ0) is 12.6. The lowest BCUT2D eigenvalue weighted by atomic mass is 10.1. The van der Waals surface area contributed by atoms with Gasteiger partial charge in [-0.3, -0.25) is 0 Å². The molecule has 0 saturated carbocycles. The lowest BCUT2D eigenvalue weighted by Gasteiger charge is -2.19. The molecule has 0 radical (unpaired) electrons. The van der Waals surface area contributed by atoms with Gasteiger partial charge in [-0.15, -0.1) is 6.58 Å². The zero-order valence-electron chi connectivity index (χ0n) is 10.5. The first kappa shape index (κ1) is 15.0. The molecule has 0 aliphatic heterocycles. The molecular formula is C12H23NO3. The molecule has 0 heterocycles. The van der Waals surface area contributed by atoms with E-state index in [1.165, 1.54) is 0 Å². The van der Waals surface area contributed by atoms with E-state index in [1.54, 1.807) is 6.08 Å². The Morgan fingerprint density at radius 3 is 2.69 bits per heavy atom. The van der Waals surface area contributed by atoms with E-state index in [-0.39, 0.29) is 6.10 Å². The van der Waals surface area contributed by atoms with E-state index < -0.39 is 11.7 Å². The Balaban J connectivity index is 3.52. The Labute approximate surface area is 97.7 Å². The molecule has 0 aliphatic carbocycles. The van der Waals surface area contributed by atoms with E-state index in [0.29, 0.717) is 19.4 Å². The van der Waals surface area contributed by atoms with Crippen LogP contribution >= 0.6 is 0 Å². The summed E-state index contributed by atoms with van der Waals surface area (Å²) in [5.74, 6) is 0. The van der Waals surface area contributed by atoms with Gasteiger partial charge in [0.1, 0.15) is 5.60 Å². The molecule has 0 saturated heterocycles. The number of amides is 1. The van der Waals surface area contributed by atoms with Crippen LogP contribution in [0.3, 0.4) is 0 Å². The molecule has 4 heteroatoms. The maximum Gasteiger partial charge on any atom is 0.407 e. The van der Waals surface area contributed by atoms with Crippen molar-refractivity contribution in [2.24, 2.45) is 0 Å². The summed E-state index contributed by atoms with van der Waals surface area (Å²) in [6.45, 7) is 9.52. The van der Waals surface area contributed by atoms with Gasteiger partial charge in [0, 0.05) is 6.54 Å². The topological polar surface area (TPSA) is 58.6 Å². The lowest BCUT2D eigenvalue weighted by Crippen LogP contribution is -2.33. The minimum absolute atomic E-state index is 0.363. The lowest BCUT2D eigenvalue weighted by molar-refractivity contribution is 0.0523. The van der Waals surface area contributed by atoms with Gasteiger partial charge in [-0.25, -0.2) is 4.79 Å². The van der Waals surface area contributed by atoms with Crippen LogP contribution in [0.15, 0.2) is 12.7 Å². The van der Waals surface area contributed by atoms with E-state index in [1.807, 2.05) is 20.8 Å². The summed E-state index contributed by atoms with van der Waals surface area (Å²) >= 11 is 0. The monoisotopic (exact) mass is 229 g/mol. The number of ether oxygens (including phenoxy) is 1. The predicted octanol–water partition coefficient (Wildman–Crippen LogP) is 2.23. The predicted molar refractivity (Wildman–Crippen MR) is 64.3 cm³/mol. The molecule has 0 aromatic carbocycles. The summed E-state index contributed by atoms with van der Waals surface area (Å²) in [6, 6.07) is 0. The first-order valence-electron chi connectivity index (χ1n) is 5.61. The fraction of sp³-hybridized carbons (Fsp3) is 0.750. The van der Waals surface area contributed by atoms with Crippen LogP contribution in [0.25, 0.3) is 0 Å². The number of aliphatic hydroxyl groups is 1. The Kier molecular flexibility index (Phi) is 6.81. The Hall–Kier alpha value is -1.03. The van der Waals surface area contributed by atoms with Crippen LogP contribution in [-0.4, -0.2) is 29.4 Å². The van der Waals surface area contributed by atoms with Gasteiger partial charge in [-0.05, 0) is 40.0 Å². The molecule has 1 atom stereocenters. The highest BCUT2D eigenvalue weighted by Gasteiger charge is 2.15. The third-order valence-electron chi connectivity index (χ3n) is 1.82. The van der Waals surface area contributed by atoms with Crippen LogP contribution < -0.4 is 5.32 Å². The fourth-order valence-corrected chi connectivity index (χ4v) is 1.15. The van der Waals surface area contributed by atoms with Crippen molar-refractivity contribution in [3.05, 3.63) is 12.7 Å². The van der Waals surface area contributed by atoms with E-state index in [4.69, 9.17) is 4.74 Å². The molecule has 2 N–H and O–H groups in total. The van der Waals surface area contributed by atoms with Crippen molar-refractivity contribution >= 4 is 6.09 Å². The summed E-state index contributed by atoms with van der Waals surface area (Å²) in [5.41, 5.74) is -0.466. The Bertz CT molecular complexity index is 221. The third-order valence-corrected chi connectivity index (χ3v) is 1.82. The van der Waals surface area contributed by atoms with Gasteiger partial charge >= 0.3 is 6.09 Å². The Morgan fingerprint density at radius 1 is 1.56 bits per heavy atom. The summed E-state index contributed by atoms with van der Waals surface area (Å²) in [6.07, 6.45) is 2.89. The number of carbonyl (C=O) groups is 1. The van der Waals surface area contributed by atoms with E-state index in [9.17, 15) is 9.90 Å². The van der Waals surface area contributed by atoms with Gasteiger partial charge in [-0.2, -0.15) is 0 Å². The van der Waals surface area contributed by atoms with E-state index in [2.05, 4.69) is 11.9 Å². The molecule has 0 aliphatic rings. The van der Waals surface area contributed by atoms with Gasteiger partial charge in [0.05, 0.1) is 6.10 Å². The van der Waals surface area contributed by atoms with E-state index >= 15 is 0 Å². The highest BCUT2D eigenvalue weighted by molar-refractivity contribution is 5.67. The van der Waals surface area contributed by atoms with Gasteiger partial charge in [0.15, 0.2) is 0 Å². The second kappa shape index (κ2) is 7.28. The average Bonchev–Trinajstić information content (AvgIpc) is 2.10. The number of hydrogen-bond donors (Lipinski definition) is 2. The van der Waals surface area contributed by atoms with Crippen LogP contribution in [-0.2, 0) is 4.74 Å². The van der Waals surface area contributed by atoms with Gasteiger partial charge in [0.2, 0.25) is 0 Å². The standard InChI is InChI=1S/C12H23NO3/c1-5-7-10(14)8-6-9-13-11(15)16-12(2,3)4/h5,10,14H,1,6-9H2,2-4H3,(H,13,15)/t10-/m0/s1. The first-order valence-corrected chi connectivity index (χ1v) is 5.61. The molecule has 0 bridgehead atoms. The molecule has 94 valence electrons. The quantitative estimate of drug-likeness (QED) is 0.542. The van der Waals surface area contributed by atoms with Crippen molar-refractivity contribution in [3.63, 3.8) is 0 Å². The zero-order valence-corrected chi connectivity index (χ0v) is 10.5. The van der Waals surface area contributed by atoms with Crippen molar-refractivity contribution in [1.82, 2.24) is 5.32 Å². The van der Waals surface area contributed by atoms with Crippen molar-refractivity contribution in [1.29, 1.82) is 0 Å². The van der Waals surface area contributed by atoms with Crippen molar-refractivity contribution in [2.75, 3.05) is 6.54 Å². The number of nitrogens with one attached hydrogen (secondary N) is 1. The number of alkyl carbamates (subject to hydrolysis) is 1. The van der Waals surface area contributed by atoms with Crippen LogP contribution in [0.2, 0.25) is 0 Å². The highest BCUT2D eigenvalue weighted by atomic mass is 16.6. The third kappa shape index (κ3) is 9.52. The highest BCUT2D eigenvalue weighted by Crippen LogP contribution is 2.06. The number of aliphatic hydroxyl groups excluding tert-OH is 1. The second-order valence-electron chi connectivity index (χ2n) is 4.75. The van der Waals surface area contributed by atoms with E-state index in [0.717, 1.165) is 6.42 Å². The molecular weight excluding hydrogens is 206 g/mol. The van der Waals surface area contributed by atoms with Crippen LogP contribution in [0.5, 0.6) is 0 Å². The summed E-state index contributed by atoms with van der Waals surface area (Å²) in [5, 5.41) is 12.0.